The molecule has 2 N–H and O–H groups in total. The molecule has 2 aromatic carbocycles. The van der Waals surface area contributed by atoms with Gasteiger partial charge in [-0.1, -0.05) is 12.1 Å². The van der Waals surface area contributed by atoms with Gasteiger partial charge in [0.2, 0.25) is 0 Å². The fourth-order valence-electron chi connectivity index (χ4n) is 3.50. The quantitative estimate of drug-likeness (QED) is 0.427. The van der Waals surface area contributed by atoms with Gasteiger partial charge in [-0.25, -0.2) is 0 Å². The van der Waals surface area contributed by atoms with E-state index in [1.54, 1.807) is 26.2 Å². The molecular weight excluding hydrogens is 415 g/mol. The number of nitrogens with two attached hydrogens (primary N) is 1. The molecule has 0 aromatic heterocycles. The number of hydrogen-bond donors (Lipinski definition) is 1. The number of ether oxygens (including phenoxy) is 1. The maximum absolute atomic E-state index is 11.5. The van der Waals surface area contributed by atoms with Crippen molar-refractivity contribution in [1.29, 1.82) is 0 Å². The minimum Gasteiger partial charge on any atom is -0.497 e. The summed E-state index contributed by atoms with van der Waals surface area (Å²) in [5.41, 5.74) is 9.29. The Morgan fingerprint density at radius 3 is 2.59 bits per heavy atom. The van der Waals surface area contributed by atoms with Crippen LogP contribution >= 0.6 is 24.8 Å². The van der Waals surface area contributed by atoms with E-state index in [0.717, 1.165) is 50.5 Å². The van der Waals surface area contributed by atoms with Crippen molar-refractivity contribution in [3.8, 4) is 5.75 Å². The molecule has 0 spiro atoms. The van der Waals surface area contributed by atoms with Gasteiger partial charge in [-0.3, -0.25) is 15.0 Å². The van der Waals surface area contributed by atoms with Crippen molar-refractivity contribution in [3.63, 3.8) is 0 Å². The molecule has 1 fully saturated rings. The van der Waals surface area contributed by atoms with Crippen LogP contribution in [0.4, 0.5) is 17.1 Å². The lowest BCUT2D eigenvalue weighted by Crippen LogP contribution is -2.31. The van der Waals surface area contributed by atoms with E-state index in [1.165, 1.54) is 5.56 Å². The Kier molecular flexibility index (Phi) is 9.49. The molecule has 3 rings (SSSR count). The largest absolute Gasteiger partial charge is 0.497 e. The van der Waals surface area contributed by atoms with E-state index >= 15 is 0 Å². The highest BCUT2D eigenvalue weighted by molar-refractivity contribution is 5.85. The zero-order valence-corrected chi connectivity index (χ0v) is 18.3. The van der Waals surface area contributed by atoms with E-state index in [4.69, 9.17) is 10.5 Å². The maximum atomic E-state index is 11.5. The van der Waals surface area contributed by atoms with Gasteiger partial charge in [0.25, 0.3) is 5.69 Å². The highest BCUT2D eigenvalue weighted by atomic mass is 35.5. The van der Waals surface area contributed by atoms with E-state index in [-0.39, 0.29) is 35.4 Å². The Morgan fingerprint density at radius 1 is 1.14 bits per heavy atom. The first-order valence-corrected chi connectivity index (χ1v) is 9.12. The monoisotopic (exact) mass is 442 g/mol. The van der Waals surface area contributed by atoms with Crippen LogP contribution in [-0.4, -0.2) is 43.1 Å². The van der Waals surface area contributed by atoms with Crippen molar-refractivity contribution in [2.75, 3.05) is 43.9 Å². The Hall–Kier alpha value is -2.22. The van der Waals surface area contributed by atoms with Gasteiger partial charge in [0.15, 0.2) is 0 Å². The average molecular weight is 443 g/mol. The van der Waals surface area contributed by atoms with Gasteiger partial charge in [-0.15, -0.1) is 24.8 Å². The number of benzene rings is 2. The van der Waals surface area contributed by atoms with Crippen molar-refractivity contribution in [1.82, 2.24) is 4.90 Å². The molecular formula is C20H28Cl2N4O3. The van der Waals surface area contributed by atoms with Gasteiger partial charge in [0, 0.05) is 44.5 Å². The smallest absolute Gasteiger partial charge is 0.292 e. The van der Waals surface area contributed by atoms with Crippen molar-refractivity contribution in [3.05, 3.63) is 57.6 Å². The van der Waals surface area contributed by atoms with Crippen molar-refractivity contribution < 1.29 is 9.66 Å². The Balaban J connectivity index is 0.00000210. The number of nitro benzene ring substituents is 1. The lowest BCUT2D eigenvalue weighted by molar-refractivity contribution is -0.384. The summed E-state index contributed by atoms with van der Waals surface area (Å²) in [7, 11) is 1.67. The van der Waals surface area contributed by atoms with Crippen LogP contribution in [0.3, 0.4) is 0 Å². The Bertz CT molecular complexity index is 835. The molecule has 0 bridgehead atoms. The second kappa shape index (κ2) is 11.1. The number of aryl methyl sites for hydroxylation is 1. The lowest BCUT2D eigenvalue weighted by atomic mass is 10.1. The van der Waals surface area contributed by atoms with Crippen molar-refractivity contribution >= 4 is 41.9 Å². The van der Waals surface area contributed by atoms with Crippen molar-refractivity contribution in [2.45, 2.75) is 19.9 Å². The SMILES string of the molecule is COc1cccc(CN2CCCN(c3cc(N)c(C)cc3[N+](=O)[O-])CC2)c1.Cl.Cl. The minimum absolute atomic E-state index is 0. The molecule has 0 amide bonds. The van der Waals surface area contributed by atoms with Crippen molar-refractivity contribution in [2.24, 2.45) is 0 Å². The summed E-state index contributed by atoms with van der Waals surface area (Å²) in [6.07, 6.45) is 0.939. The predicted molar refractivity (Wildman–Crippen MR) is 122 cm³/mol. The number of hydrogen-bond acceptors (Lipinski definition) is 6. The standard InChI is InChI=1S/C20H26N4O3.2ClH/c1-15-11-20(24(25)26)19(13-18(15)21)23-8-4-7-22(9-10-23)14-16-5-3-6-17(12-16)27-2;;/h3,5-6,11-13H,4,7-10,14,21H2,1-2H3;2*1H. The molecule has 2 aromatic rings. The third kappa shape index (κ3) is 6.13. The third-order valence-electron chi connectivity index (χ3n) is 5.03. The van der Waals surface area contributed by atoms with Crippen LogP contribution in [0.1, 0.15) is 17.5 Å². The van der Waals surface area contributed by atoms with Crippen LogP contribution in [0, 0.1) is 17.0 Å². The summed E-state index contributed by atoms with van der Waals surface area (Å²) in [5.74, 6) is 0.856. The predicted octanol–water partition coefficient (Wildman–Crippen LogP) is 4.05. The van der Waals surface area contributed by atoms with Gasteiger partial charge in [0.1, 0.15) is 11.4 Å². The van der Waals surface area contributed by atoms with E-state index in [2.05, 4.69) is 15.9 Å². The van der Waals surface area contributed by atoms with Crippen LogP contribution in [0.5, 0.6) is 5.75 Å². The van der Waals surface area contributed by atoms with E-state index in [9.17, 15) is 10.1 Å². The first kappa shape index (κ1) is 24.8. The molecule has 9 heteroatoms. The number of nitro groups is 1. The molecule has 7 nitrogen and oxygen atoms in total. The third-order valence-corrected chi connectivity index (χ3v) is 5.03. The number of anilines is 2. The summed E-state index contributed by atoms with van der Waals surface area (Å²) in [6, 6.07) is 11.4. The van der Waals surface area contributed by atoms with E-state index in [1.807, 2.05) is 18.2 Å². The molecule has 0 saturated carbocycles. The summed E-state index contributed by atoms with van der Waals surface area (Å²) < 4.78 is 5.30. The molecule has 1 aliphatic heterocycles. The molecule has 0 unspecified atom stereocenters. The zero-order valence-electron chi connectivity index (χ0n) is 16.7. The highest BCUT2D eigenvalue weighted by Gasteiger charge is 2.23. The van der Waals surface area contributed by atoms with E-state index < -0.39 is 0 Å². The molecule has 0 atom stereocenters. The van der Waals surface area contributed by atoms with Gasteiger partial charge < -0.3 is 15.4 Å². The number of rotatable bonds is 5. The van der Waals surface area contributed by atoms with Gasteiger partial charge in [0.05, 0.1) is 12.0 Å². The molecule has 0 aliphatic carbocycles. The molecule has 29 heavy (non-hydrogen) atoms. The van der Waals surface area contributed by atoms with Gasteiger partial charge >= 0.3 is 0 Å². The van der Waals surface area contributed by atoms with E-state index in [0.29, 0.717) is 11.4 Å². The molecule has 1 aliphatic rings. The second-order valence-electron chi connectivity index (χ2n) is 6.92. The average Bonchev–Trinajstić information content (AvgIpc) is 2.89. The Labute approximate surface area is 183 Å². The minimum atomic E-state index is -0.319. The molecule has 0 radical (unpaired) electrons. The first-order valence-electron chi connectivity index (χ1n) is 9.12. The summed E-state index contributed by atoms with van der Waals surface area (Å²) >= 11 is 0. The van der Waals surface area contributed by atoms with Gasteiger partial charge in [-0.05, 0) is 42.7 Å². The summed E-state index contributed by atoms with van der Waals surface area (Å²) in [5, 5.41) is 11.5. The molecule has 1 heterocycles. The fourth-order valence-corrected chi connectivity index (χ4v) is 3.50. The fraction of sp³-hybridized carbons (Fsp3) is 0.400. The second-order valence-corrected chi connectivity index (χ2v) is 6.92. The highest BCUT2D eigenvalue weighted by Crippen LogP contribution is 2.33. The number of methoxy groups -OCH3 is 1. The summed E-state index contributed by atoms with van der Waals surface area (Å²) in [4.78, 5) is 15.6. The summed E-state index contributed by atoms with van der Waals surface area (Å²) in [6.45, 7) is 5.92. The molecule has 160 valence electrons. The number of nitrogen functional groups attached to an aromatic ring is 1. The first-order chi connectivity index (χ1) is 13.0. The number of nitrogens with zero attached hydrogens (tertiary/aromatic N) is 3. The maximum Gasteiger partial charge on any atom is 0.292 e. The molecule has 1 saturated heterocycles. The Morgan fingerprint density at radius 2 is 1.90 bits per heavy atom. The van der Waals surface area contributed by atoms with Crippen LogP contribution in [0.25, 0.3) is 0 Å². The van der Waals surface area contributed by atoms with Crippen LogP contribution < -0.4 is 15.4 Å². The van der Waals surface area contributed by atoms with Gasteiger partial charge in [-0.2, -0.15) is 0 Å². The van der Waals surface area contributed by atoms with Crippen LogP contribution in [-0.2, 0) is 6.54 Å². The van der Waals surface area contributed by atoms with Crippen LogP contribution in [0.15, 0.2) is 36.4 Å². The zero-order chi connectivity index (χ0) is 19.4. The topological polar surface area (TPSA) is 84.9 Å². The normalized spacial score (nSPS) is 14.3. The number of halogens is 2. The lowest BCUT2D eigenvalue weighted by Gasteiger charge is -2.24. The van der Waals surface area contributed by atoms with Crippen LogP contribution in [0.2, 0.25) is 0 Å².